The van der Waals surface area contributed by atoms with E-state index in [-0.39, 0.29) is 24.4 Å². The molecule has 3 aromatic rings. The van der Waals surface area contributed by atoms with Gasteiger partial charge in [-0.2, -0.15) is 0 Å². The molecular weight excluding hydrogens is 336 g/mol. The van der Waals surface area contributed by atoms with Gasteiger partial charge in [-0.25, -0.2) is 0 Å². The van der Waals surface area contributed by atoms with Crippen LogP contribution in [0.3, 0.4) is 0 Å². The molecule has 2 aromatic heterocycles. The van der Waals surface area contributed by atoms with Crippen molar-refractivity contribution in [1.29, 1.82) is 0 Å². The first-order valence-corrected chi connectivity index (χ1v) is 8.81. The van der Waals surface area contributed by atoms with Gasteiger partial charge in [-0.05, 0) is 30.9 Å². The third-order valence-corrected chi connectivity index (χ3v) is 6.45. The van der Waals surface area contributed by atoms with E-state index in [0.717, 1.165) is 4.88 Å². The molecule has 1 atom stereocenters. The molecule has 3 nitrogen and oxygen atoms in total. The van der Waals surface area contributed by atoms with Crippen LogP contribution in [0.4, 0.5) is 0 Å². The molecule has 4 rings (SSSR count). The van der Waals surface area contributed by atoms with Gasteiger partial charge in [0.05, 0.1) is 9.58 Å². The van der Waals surface area contributed by atoms with Gasteiger partial charge in [0.25, 0.3) is 5.91 Å². The van der Waals surface area contributed by atoms with E-state index in [2.05, 4.69) is 23.5 Å². The minimum absolute atomic E-state index is 0. The molecule has 1 fully saturated rings. The van der Waals surface area contributed by atoms with Crippen molar-refractivity contribution < 1.29 is 4.79 Å². The lowest BCUT2D eigenvalue weighted by Crippen LogP contribution is -2.41. The Labute approximate surface area is 142 Å². The van der Waals surface area contributed by atoms with Crippen LogP contribution in [0.1, 0.15) is 22.5 Å². The molecule has 3 N–H and O–H groups in total. The van der Waals surface area contributed by atoms with Crippen molar-refractivity contribution in [3.8, 4) is 0 Å². The highest BCUT2D eigenvalue weighted by atomic mass is 35.5. The van der Waals surface area contributed by atoms with Crippen molar-refractivity contribution >= 4 is 60.5 Å². The maximum absolute atomic E-state index is 12.4. The van der Waals surface area contributed by atoms with Crippen LogP contribution < -0.4 is 11.1 Å². The summed E-state index contributed by atoms with van der Waals surface area (Å²) in [6, 6.07) is 10.5. The Kier molecular flexibility index (Phi) is 4.41. The predicted octanol–water partition coefficient (Wildman–Crippen LogP) is 4.00. The number of halogens is 1. The summed E-state index contributed by atoms with van der Waals surface area (Å²) in [6.45, 7) is 0.527. The summed E-state index contributed by atoms with van der Waals surface area (Å²) in [5, 5.41) is 4.34. The number of nitrogens with two attached hydrogens (primary N) is 1. The molecule has 0 aliphatic heterocycles. The maximum Gasteiger partial charge on any atom is 0.261 e. The molecule has 2 heterocycles. The van der Waals surface area contributed by atoms with Gasteiger partial charge in [0.15, 0.2) is 0 Å². The number of hydrogen-bond acceptors (Lipinski definition) is 4. The molecular formula is C16H17ClN2OS2. The summed E-state index contributed by atoms with van der Waals surface area (Å²) < 4.78 is 3.70. The van der Waals surface area contributed by atoms with Gasteiger partial charge in [0.1, 0.15) is 0 Å². The van der Waals surface area contributed by atoms with E-state index in [1.807, 2.05) is 12.1 Å². The number of carbonyl (C=O) groups excluding carboxylic acids is 1. The van der Waals surface area contributed by atoms with E-state index in [0.29, 0.717) is 12.5 Å². The molecule has 0 spiro atoms. The van der Waals surface area contributed by atoms with Crippen LogP contribution in [0.2, 0.25) is 0 Å². The Balaban J connectivity index is 0.00000144. The minimum atomic E-state index is 0. The van der Waals surface area contributed by atoms with Gasteiger partial charge in [-0.1, -0.05) is 18.2 Å². The third-order valence-electron chi connectivity index (χ3n) is 4.03. The standard InChI is InChI=1S/C16H16N2OS2.ClH/c17-8-11(9-5-6-9)18-16(19)14-7-13-15(21-14)10-3-1-2-4-12(10)20-13;/h1-4,7,9,11H,5-6,8,17H2,(H,18,19);1H. The molecule has 1 aromatic carbocycles. The number of rotatable bonds is 4. The molecule has 0 radical (unpaired) electrons. The SMILES string of the molecule is Cl.NCC(NC(=O)c1cc2sc3ccccc3c2s1)C1CC1. The highest BCUT2D eigenvalue weighted by Gasteiger charge is 2.31. The number of benzene rings is 1. The van der Waals surface area contributed by atoms with Crippen molar-refractivity contribution in [3.63, 3.8) is 0 Å². The van der Waals surface area contributed by atoms with Gasteiger partial charge in [0, 0.05) is 27.4 Å². The van der Waals surface area contributed by atoms with Gasteiger partial charge in [-0.15, -0.1) is 35.1 Å². The molecule has 0 saturated heterocycles. The minimum Gasteiger partial charge on any atom is -0.347 e. The molecule has 0 bridgehead atoms. The number of hydrogen-bond donors (Lipinski definition) is 2. The van der Waals surface area contributed by atoms with Crippen LogP contribution in [0.5, 0.6) is 0 Å². The average Bonchev–Trinajstić information content (AvgIpc) is 3.16. The van der Waals surface area contributed by atoms with E-state index in [4.69, 9.17) is 5.73 Å². The zero-order valence-corrected chi connectivity index (χ0v) is 14.3. The molecule has 1 aliphatic carbocycles. The van der Waals surface area contributed by atoms with Crippen LogP contribution in [0.15, 0.2) is 30.3 Å². The van der Waals surface area contributed by atoms with E-state index in [1.54, 1.807) is 22.7 Å². The number of carbonyl (C=O) groups is 1. The second-order valence-electron chi connectivity index (χ2n) is 5.56. The molecule has 1 amide bonds. The topological polar surface area (TPSA) is 55.1 Å². The van der Waals surface area contributed by atoms with Crippen LogP contribution in [-0.4, -0.2) is 18.5 Å². The normalized spacial score (nSPS) is 15.7. The Morgan fingerprint density at radius 2 is 2.05 bits per heavy atom. The summed E-state index contributed by atoms with van der Waals surface area (Å²) in [5.41, 5.74) is 5.76. The molecule has 116 valence electrons. The smallest absolute Gasteiger partial charge is 0.261 e. The lowest BCUT2D eigenvalue weighted by Gasteiger charge is -2.14. The molecule has 1 aliphatic rings. The van der Waals surface area contributed by atoms with Crippen LogP contribution >= 0.6 is 35.1 Å². The summed E-state index contributed by atoms with van der Waals surface area (Å²) >= 11 is 3.33. The van der Waals surface area contributed by atoms with E-state index in [9.17, 15) is 4.79 Å². The fraction of sp³-hybridized carbons (Fsp3) is 0.312. The van der Waals surface area contributed by atoms with Crippen molar-refractivity contribution in [1.82, 2.24) is 5.32 Å². The number of thiophene rings is 2. The van der Waals surface area contributed by atoms with E-state index < -0.39 is 0 Å². The Morgan fingerprint density at radius 1 is 1.27 bits per heavy atom. The number of amides is 1. The molecule has 1 unspecified atom stereocenters. The quantitative estimate of drug-likeness (QED) is 0.745. The van der Waals surface area contributed by atoms with Crippen LogP contribution in [-0.2, 0) is 0 Å². The second kappa shape index (κ2) is 6.16. The number of nitrogens with one attached hydrogen (secondary N) is 1. The Bertz CT molecular complexity index is 822. The summed E-state index contributed by atoms with van der Waals surface area (Å²) in [5.74, 6) is 0.607. The first-order chi connectivity index (χ1) is 10.3. The summed E-state index contributed by atoms with van der Waals surface area (Å²) in [7, 11) is 0. The monoisotopic (exact) mass is 352 g/mol. The average molecular weight is 353 g/mol. The predicted molar refractivity (Wildman–Crippen MR) is 97.5 cm³/mol. The third kappa shape index (κ3) is 2.74. The zero-order valence-electron chi connectivity index (χ0n) is 11.9. The Morgan fingerprint density at radius 3 is 2.77 bits per heavy atom. The second-order valence-corrected chi connectivity index (χ2v) is 7.69. The van der Waals surface area contributed by atoms with Gasteiger partial charge in [-0.3, -0.25) is 4.79 Å². The van der Waals surface area contributed by atoms with Crippen molar-refractivity contribution in [2.75, 3.05) is 6.54 Å². The van der Waals surface area contributed by atoms with Crippen LogP contribution in [0.25, 0.3) is 19.5 Å². The molecule has 1 saturated carbocycles. The first-order valence-electron chi connectivity index (χ1n) is 7.18. The summed E-state index contributed by atoms with van der Waals surface area (Å²) in [4.78, 5) is 13.2. The van der Waals surface area contributed by atoms with Gasteiger partial charge >= 0.3 is 0 Å². The fourth-order valence-corrected chi connectivity index (χ4v) is 5.15. The zero-order chi connectivity index (χ0) is 14.4. The van der Waals surface area contributed by atoms with E-state index >= 15 is 0 Å². The van der Waals surface area contributed by atoms with Crippen molar-refractivity contribution in [3.05, 3.63) is 35.2 Å². The fourth-order valence-electron chi connectivity index (χ4n) is 2.72. The summed E-state index contributed by atoms with van der Waals surface area (Å²) in [6.07, 6.45) is 2.37. The number of fused-ring (bicyclic) bond motifs is 3. The highest BCUT2D eigenvalue weighted by molar-refractivity contribution is 7.33. The molecule has 22 heavy (non-hydrogen) atoms. The largest absolute Gasteiger partial charge is 0.347 e. The van der Waals surface area contributed by atoms with Gasteiger partial charge in [0.2, 0.25) is 0 Å². The molecule has 6 heteroatoms. The lowest BCUT2D eigenvalue weighted by molar-refractivity contribution is 0.0937. The van der Waals surface area contributed by atoms with Crippen molar-refractivity contribution in [2.45, 2.75) is 18.9 Å². The van der Waals surface area contributed by atoms with E-state index in [1.165, 1.54) is 32.3 Å². The Hall–Kier alpha value is -1.14. The highest BCUT2D eigenvalue weighted by Crippen LogP contribution is 2.39. The maximum atomic E-state index is 12.4. The first kappa shape index (κ1) is 15.7. The lowest BCUT2D eigenvalue weighted by atomic mass is 10.2. The van der Waals surface area contributed by atoms with Gasteiger partial charge < -0.3 is 11.1 Å². The van der Waals surface area contributed by atoms with Crippen molar-refractivity contribution in [2.24, 2.45) is 11.7 Å². The van der Waals surface area contributed by atoms with Crippen LogP contribution in [0, 0.1) is 5.92 Å².